The molecule has 1 amide bonds. The van der Waals surface area contributed by atoms with E-state index in [0.29, 0.717) is 16.8 Å². The molecule has 1 saturated heterocycles. The van der Waals surface area contributed by atoms with E-state index < -0.39 is 54.4 Å². The number of fused-ring (bicyclic) bond motifs is 2. The number of hydrogen-bond acceptors (Lipinski definition) is 5. The van der Waals surface area contributed by atoms with E-state index >= 15 is 0 Å². The number of benzene rings is 3. The third-order valence-electron chi connectivity index (χ3n) is 8.30. The highest BCUT2D eigenvalue weighted by molar-refractivity contribution is 7.93. The molecule has 41 heavy (non-hydrogen) atoms. The molecule has 1 spiro atoms. The number of amides is 1. The van der Waals surface area contributed by atoms with Crippen LogP contribution in [0.2, 0.25) is 5.02 Å². The zero-order chi connectivity index (χ0) is 30.0. The van der Waals surface area contributed by atoms with Crippen LogP contribution in [0.25, 0.3) is 0 Å². The predicted molar refractivity (Wildman–Crippen MR) is 153 cm³/mol. The summed E-state index contributed by atoms with van der Waals surface area (Å²) >= 11 is 6.25. The average molecular weight is 623 g/mol. The lowest BCUT2D eigenvalue weighted by atomic mass is 9.72. The Morgan fingerprint density at radius 1 is 1.00 bits per heavy atom. The second kappa shape index (κ2) is 10.1. The van der Waals surface area contributed by atoms with Crippen molar-refractivity contribution in [1.29, 1.82) is 0 Å². The molecule has 2 heterocycles. The molecule has 12 heteroatoms. The Morgan fingerprint density at radius 3 is 2.22 bits per heavy atom. The summed E-state index contributed by atoms with van der Waals surface area (Å²) < 4.78 is 81.0. The van der Waals surface area contributed by atoms with E-state index in [1.54, 1.807) is 32.9 Å². The van der Waals surface area contributed by atoms with Gasteiger partial charge in [0.2, 0.25) is 0 Å². The smallest absolute Gasteiger partial charge is 0.264 e. The summed E-state index contributed by atoms with van der Waals surface area (Å²) in [5.41, 5.74) is -0.178. The normalized spacial score (nSPS) is 19.7. The van der Waals surface area contributed by atoms with E-state index in [4.69, 9.17) is 11.6 Å². The van der Waals surface area contributed by atoms with Gasteiger partial charge in [-0.2, -0.15) is 0 Å². The maximum absolute atomic E-state index is 13.9. The third-order valence-corrected chi connectivity index (χ3v) is 12.2. The van der Waals surface area contributed by atoms with E-state index in [1.807, 2.05) is 0 Å². The van der Waals surface area contributed by atoms with Crippen molar-refractivity contribution in [2.24, 2.45) is 0 Å². The molecule has 0 saturated carbocycles. The molecule has 0 radical (unpaired) electrons. The average Bonchev–Trinajstić information content (AvgIpc) is 3.13. The van der Waals surface area contributed by atoms with Gasteiger partial charge in [-0.05, 0) is 99.3 Å². The largest absolute Gasteiger partial charge is 0.343 e. The molecular weight excluding hydrogens is 594 g/mol. The number of hydrogen-bond donors (Lipinski definition) is 1. The first-order valence-corrected chi connectivity index (χ1v) is 16.6. The number of nitrogens with one attached hydrogen (secondary N) is 1. The SMILES string of the molecule is CC1N(S(=O)(=O)c2ccc(F)cc2)c2ccc(C(=O)NC(C)(C)c3ccc(F)cc3Cl)cc2C12CCS(=O)(=O)CC2. The van der Waals surface area contributed by atoms with Crippen molar-refractivity contribution in [3.63, 3.8) is 0 Å². The van der Waals surface area contributed by atoms with Gasteiger partial charge in [0, 0.05) is 16.0 Å². The Balaban J connectivity index is 1.57. The van der Waals surface area contributed by atoms with Gasteiger partial charge in [0.1, 0.15) is 21.5 Å². The van der Waals surface area contributed by atoms with E-state index in [2.05, 4.69) is 5.32 Å². The third kappa shape index (κ3) is 5.12. The van der Waals surface area contributed by atoms with E-state index in [-0.39, 0.29) is 39.8 Å². The minimum atomic E-state index is -4.16. The first-order valence-electron chi connectivity index (χ1n) is 13.0. The maximum atomic E-state index is 13.9. The molecule has 1 atom stereocenters. The van der Waals surface area contributed by atoms with Crippen LogP contribution >= 0.6 is 11.6 Å². The Labute approximate surface area is 243 Å². The van der Waals surface area contributed by atoms with Gasteiger partial charge in [-0.1, -0.05) is 17.7 Å². The van der Waals surface area contributed by atoms with Gasteiger partial charge < -0.3 is 5.32 Å². The number of nitrogens with zero attached hydrogens (tertiary/aromatic N) is 1. The second-order valence-electron chi connectivity index (χ2n) is 11.2. The first-order chi connectivity index (χ1) is 19.1. The van der Waals surface area contributed by atoms with Crippen LogP contribution < -0.4 is 9.62 Å². The fraction of sp³-hybridized carbons (Fsp3) is 0.345. The topological polar surface area (TPSA) is 101 Å². The van der Waals surface area contributed by atoms with Crippen molar-refractivity contribution in [2.45, 2.75) is 55.5 Å². The van der Waals surface area contributed by atoms with Gasteiger partial charge in [-0.25, -0.2) is 25.6 Å². The highest BCUT2D eigenvalue weighted by Crippen LogP contribution is 2.53. The number of sulfone groups is 1. The molecule has 1 N–H and O–H groups in total. The van der Waals surface area contributed by atoms with Crippen molar-refractivity contribution in [3.8, 4) is 0 Å². The van der Waals surface area contributed by atoms with Crippen LogP contribution in [0.15, 0.2) is 65.6 Å². The van der Waals surface area contributed by atoms with Crippen molar-refractivity contribution < 1.29 is 30.4 Å². The monoisotopic (exact) mass is 622 g/mol. The van der Waals surface area contributed by atoms with Crippen LogP contribution in [0.4, 0.5) is 14.5 Å². The highest BCUT2D eigenvalue weighted by Gasteiger charge is 2.54. The van der Waals surface area contributed by atoms with Gasteiger partial charge in [0.15, 0.2) is 0 Å². The molecule has 0 aliphatic carbocycles. The molecule has 3 aromatic rings. The Morgan fingerprint density at radius 2 is 1.61 bits per heavy atom. The van der Waals surface area contributed by atoms with E-state index in [0.717, 1.165) is 12.1 Å². The number of rotatable bonds is 5. The number of carbonyl (C=O) groups excluding carboxylic acids is 1. The fourth-order valence-corrected chi connectivity index (χ4v) is 9.69. The lowest BCUT2D eigenvalue weighted by Crippen LogP contribution is -2.49. The van der Waals surface area contributed by atoms with Crippen LogP contribution in [-0.4, -0.2) is 40.3 Å². The standard InChI is InChI=1S/C29H29ClF2N2O5S2/c1-18-29(12-14-40(36,37)15-13-29)24-16-19(27(35)33-28(2,3)23-10-7-21(32)17-25(23)30)4-11-26(24)34(18)41(38,39)22-8-5-20(31)6-9-22/h4-11,16-18H,12-15H2,1-3H3,(H,33,35). The molecule has 5 rings (SSSR count). The molecular formula is C29H29ClF2N2O5S2. The predicted octanol–water partition coefficient (Wildman–Crippen LogP) is 5.33. The number of anilines is 1. The van der Waals surface area contributed by atoms with Crippen molar-refractivity contribution in [1.82, 2.24) is 5.32 Å². The minimum Gasteiger partial charge on any atom is -0.343 e. The Kier molecular flexibility index (Phi) is 7.23. The number of sulfonamides is 1. The van der Waals surface area contributed by atoms with Crippen LogP contribution in [0, 0.1) is 11.6 Å². The lowest BCUT2D eigenvalue weighted by molar-refractivity contribution is 0.0912. The molecule has 0 bridgehead atoms. The number of halogens is 3. The van der Waals surface area contributed by atoms with Crippen molar-refractivity contribution >= 4 is 43.1 Å². The van der Waals surface area contributed by atoms with Gasteiger partial charge in [0.05, 0.1) is 33.7 Å². The van der Waals surface area contributed by atoms with E-state index in [9.17, 15) is 30.4 Å². The van der Waals surface area contributed by atoms with Gasteiger partial charge in [-0.3, -0.25) is 9.10 Å². The van der Waals surface area contributed by atoms with Gasteiger partial charge >= 0.3 is 0 Å². The second-order valence-corrected chi connectivity index (χ2v) is 15.7. The summed E-state index contributed by atoms with van der Waals surface area (Å²) in [5, 5.41) is 3.07. The molecule has 3 aromatic carbocycles. The molecule has 1 unspecified atom stereocenters. The fourth-order valence-electron chi connectivity index (χ4n) is 5.99. The van der Waals surface area contributed by atoms with Crippen LogP contribution in [0.5, 0.6) is 0 Å². The summed E-state index contributed by atoms with van der Waals surface area (Å²) in [6.07, 6.45) is 0.362. The molecule has 2 aliphatic rings. The van der Waals surface area contributed by atoms with Crippen molar-refractivity contribution in [3.05, 3.63) is 94.0 Å². The summed E-state index contributed by atoms with van der Waals surface area (Å²) in [6, 6.07) is 12.5. The molecule has 2 aliphatic heterocycles. The zero-order valence-electron chi connectivity index (χ0n) is 22.6. The summed E-state index contributed by atoms with van der Waals surface area (Å²) in [4.78, 5) is 13.4. The lowest BCUT2D eigenvalue weighted by Gasteiger charge is -2.39. The maximum Gasteiger partial charge on any atom is 0.264 e. The summed E-state index contributed by atoms with van der Waals surface area (Å²) in [6.45, 7) is 5.19. The highest BCUT2D eigenvalue weighted by atomic mass is 35.5. The summed E-state index contributed by atoms with van der Waals surface area (Å²) in [7, 11) is -7.46. The molecule has 7 nitrogen and oxygen atoms in total. The van der Waals surface area contributed by atoms with Crippen LogP contribution in [0.3, 0.4) is 0 Å². The Bertz CT molecular complexity index is 1750. The van der Waals surface area contributed by atoms with Gasteiger partial charge in [-0.15, -0.1) is 0 Å². The molecule has 218 valence electrons. The Hall–Kier alpha value is -3.02. The first kappa shape index (κ1) is 29.5. The molecule has 1 fully saturated rings. The molecule has 0 aromatic heterocycles. The number of carbonyl (C=O) groups is 1. The van der Waals surface area contributed by atoms with E-state index in [1.165, 1.54) is 40.7 Å². The minimum absolute atomic E-state index is 0.100. The van der Waals surface area contributed by atoms with Crippen molar-refractivity contribution in [2.75, 3.05) is 15.8 Å². The quantitative estimate of drug-likeness (QED) is 0.415. The zero-order valence-corrected chi connectivity index (χ0v) is 25.0. The van der Waals surface area contributed by atoms with Crippen LogP contribution in [-0.2, 0) is 30.8 Å². The summed E-state index contributed by atoms with van der Waals surface area (Å²) in [5.74, 6) is -1.78. The van der Waals surface area contributed by atoms with Crippen LogP contribution in [0.1, 0.15) is 55.1 Å². The van der Waals surface area contributed by atoms with Gasteiger partial charge in [0.25, 0.3) is 15.9 Å².